The zero-order valence-corrected chi connectivity index (χ0v) is 9.67. The topological polar surface area (TPSA) is 29.5 Å². The molecular formula is C11H21NO2. The zero-order chi connectivity index (χ0) is 10.8. The lowest BCUT2D eigenvalue weighted by Crippen LogP contribution is -2.47. The molecule has 1 heterocycles. The van der Waals surface area contributed by atoms with Gasteiger partial charge in [0.25, 0.3) is 0 Å². The van der Waals surface area contributed by atoms with E-state index in [-0.39, 0.29) is 11.4 Å². The summed E-state index contributed by atoms with van der Waals surface area (Å²) in [5, 5.41) is 0. The van der Waals surface area contributed by atoms with Crippen LogP contribution in [0.15, 0.2) is 0 Å². The van der Waals surface area contributed by atoms with E-state index >= 15 is 0 Å². The molecule has 1 aliphatic rings. The van der Waals surface area contributed by atoms with Crippen molar-refractivity contribution in [2.75, 3.05) is 19.8 Å². The van der Waals surface area contributed by atoms with Gasteiger partial charge < -0.3 is 9.64 Å². The highest BCUT2D eigenvalue weighted by molar-refractivity contribution is 5.77. The highest BCUT2D eigenvalue weighted by Crippen LogP contribution is 2.20. The van der Waals surface area contributed by atoms with Gasteiger partial charge in [-0.3, -0.25) is 4.79 Å². The quantitative estimate of drug-likeness (QED) is 0.692. The first-order valence-corrected chi connectivity index (χ1v) is 5.33. The van der Waals surface area contributed by atoms with Gasteiger partial charge >= 0.3 is 0 Å². The second-order valence-corrected chi connectivity index (χ2v) is 4.92. The summed E-state index contributed by atoms with van der Waals surface area (Å²) < 4.78 is 5.06. The zero-order valence-electron chi connectivity index (χ0n) is 9.67. The van der Waals surface area contributed by atoms with Gasteiger partial charge in [0.1, 0.15) is 0 Å². The fourth-order valence-electron chi connectivity index (χ4n) is 1.78. The molecule has 1 aliphatic heterocycles. The molecule has 0 unspecified atom stereocenters. The maximum Gasteiger partial charge on any atom is 0.223 e. The van der Waals surface area contributed by atoms with Crippen molar-refractivity contribution in [3.8, 4) is 0 Å². The van der Waals surface area contributed by atoms with Gasteiger partial charge in [-0.1, -0.05) is 0 Å². The van der Waals surface area contributed by atoms with Crippen molar-refractivity contribution in [1.82, 2.24) is 4.90 Å². The van der Waals surface area contributed by atoms with Gasteiger partial charge in [-0.15, -0.1) is 0 Å². The molecule has 0 radical (unpaired) electrons. The highest BCUT2D eigenvalue weighted by Gasteiger charge is 2.29. The summed E-state index contributed by atoms with van der Waals surface area (Å²) in [6.07, 6.45) is 0.644. The summed E-state index contributed by atoms with van der Waals surface area (Å²) in [6.45, 7) is 10.6. The van der Waals surface area contributed by atoms with Crippen molar-refractivity contribution in [3.63, 3.8) is 0 Å². The van der Waals surface area contributed by atoms with Crippen LogP contribution in [0.4, 0.5) is 0 Å². The first kappa shape index (κ1) is 11.5. The van der Waals surface area contributed by atoms with Crippen molar-refractivity contribution >= 4 is 5.91 Å². The highest BCUT2D eigenvalue weighted by atomic mass is 16.5. The molecule has 1 rings (SSSR count). The lowest BCUT2D eigenvalue weighted by atomic mass is 10.00. The number of hydrogen-bond donors (Lipinski definition) is 0. The van der Waals surface area contributed by atoms with E-state index in [4.69, 9.17) is 4.74 Å². The Balaban J connectivity index is 2.47. The minimum absolute atomic E-state index is 0.0591. The number of rotatable bonds is 3. The van der Waals surface area contributed by atoms with E-state index in [1.807, 2.05) is 11.8 Å². The maximum absolute atomic E-state index is 11.9. The molecule has 0 bridgehead atoms. The Morgan fingerprint density at radius 1 is 1.43 bits per heavy atom. The number of amides is 1. The molecule has 3 nitrogen and oxygen atoms in total. The van der Waals surface area contributed by atoms with Crippen LogP contribution in [0.3, 0.4) is 0 Å². The molecule has 82 valence electrons. The summed E-state index contributed by atoms with van der Waals surface area (Å²) in [4.78, 5) is 13.8. The third-order valence-corrected chi connectivity index (χ3v) is 2.60. The first-order chi connectivity index (χ1) is 6.45. The minimum atomic E-state index is -0.0591. The van der Waals surface area contributed by atoms with E-state index in [1.54, 1.807) is 0 Å². The van der Waals surface area contributed by atoms with E-state index in [0.717, 1.165) is 19.8 Å². The lowest BCUT2D eigenvalue weighted by molar-refractivity contribution is -0.141. The van der Waals surface area contributed by atoms with Crippen molar-refractivity contribution in [2.24, 2.45) is 5.92 Å². The number of nitrogens with zero attached hydrogens (tertiary/aromatic N) is 1. The monoisotopic (exact) mass is 199 g/mol. The largest absolute Gasteiger partial charge is 0.381 e. The number of hydrogen-bond acceptors (Lipinski definition) is 2. The van der Waals surface area contributed by atoms with Crippen molar-refractivity contribution in [1.29, 1.82) is 0 Å². The predicted molar refractivity (Wildman–Crippen MR) is 56.1 cm³/mol. The standard InChI is InChI=1S/C11H21NO2/c1-5-12(11(2,3)4)10(13)6-9-7-14-8-9/h9H,5-8H2,1-4H3. The second-order valence-electron chi connectivity index (χ2n) is 4.92. The van der Waals surface area contributed by atoms with Crippen LogP contribution in [0, 0.1) is 5.92 Å². The van der Waals surface area contributed by atoms with E-state index in [9.17, 15) is 4.79 Å². The lowest BCUT2D eigenvalue weighted by Gasteiger charge is -2.37. The summed E-state index contributed by atoms with van der Waals surface area (Å²) >= 11 is 0. The summed E-state index contributed by atoms with van der Waals surface area (Å²) in [5.74, 6) is 0.715. The predicted octanol–water partition coefficient (Wildman–Crippen LogP) is 1.67. The fourth-order valence-corrected chi connectivity index (χ4v) is 1.78. The van der Waals surface area contributed by atoms with Gasteiger partial charge in [-0.05, 0) is 27.7 Å². The van der Waals surface area contributed by atoms with Gasteiger partial charge in [0.2, 0.25) is 5.91 Å². The number of ether oxygens (including phenoxy) is 1. The summed E-state index contributed by atoms with van der Waals surface area (Å²) in [7, 11) is 0. The van der Waals surface area contributed by atoms with E-state index < -0.39 is 0 Å². The van der Waals surface area contributed by atoms with Crippen LogP contribution in [-0.4, -0.2) is 36.1 Å². The van der Waals surface area contributed by atoms with Gasteiger partial charge in [-0.25, -0.2) is 0 Å². The molecule has 0 atom stereocenters. The van der Waals surface area contributed by atoms with E-state index in [1.165, 1.54) is 0 Å². The third kappa shape index (κ3) is 2.71. The van der Waals surface area contributed by atoms with Gasteiger partial charge in [-0.2, -0.15) is 0 Å². The van der Waals surface area contributed by atoms with Gasteiger partial charge in [0, 0.05) is 24.4 Å². The molecule has 0 N–H and O–H groups in total. The molecule has 0 aromatic heterocycles. The van der Waals surface area contributed by atoms with Crippen molar-refractivity contribution in [2.45, 2.75) is 39.7 Å². The number of carbonyl (C=O) groups excluding carboxylic acids is 1. The van der Waals surface area contributed by atoms with Crippen LogP contribution < -0.4 is 0 Å². The minimum Gasteiger partial charge on any atom is -0.381 e. The molecule has 0 aromatic carbocycles. The Morgan fingerprint density at radius 3 is 2.29 bits per heavy atom. The summed E-state index contributed by atoms with van der Waals surface area (Å²) in [6, 6.07) is 0. The third-order valence-electron chi connectivity index (χ3n) is 2.60. The molecule has 1 saturated heterocycles. The molecule has 0 aliphatic carbocycles. The Bertz CT molecular complexity index is 204. The van der Waals surface area contributed by atoms with Crippen LogP contribution in [0.2, 0.25) is 0 Å². The maximum atomic E-state index is 11.9. The smallest absolute Gasteiger partial charge is 0.223 e. The molecule has 0 spiro atoms. The normalized spacial score (nSPS) is 17.7. The van der Waals surface area contributed by atoms with Crippen LogP contribution in [0.5, 0.6) is 0 Å². The number of carbonyl (C=O) groups is 1. The van der Waals surface area contributed by atoms with Gasteiger partial charge in [0.05, 0.1) is 13.2 Å². The molecule has 0 aromatic rings. The van der Waals surface area contributed by atoms with Crippen LogP contribution >= 0.6 is 0 Å². The van der Waals surface area contributed by atoms with Gasteiger partial charge in [0.15, 0.2) is 0 Å². The molecular weight excluding hydrogens is 178 g/mol. The SMILES string of the molecule is CCN(C(=O)CC1COC1)C(C)(C)C. The van der Waals surface area contributed by atoms with E-state index in [2.05, 4.69) is 20.8 Å². The average Bonchev–Trinajstić information content (AvgIpc) is 1.95. The van der Waals surface area contributed by atoms with E-state index in [0.29, 0.717) is 12.3 Å². The van der Waals surface area contributed by atoms with Crippen molar-refractivity contribution < 1.29 is 9.53 Å². The Kier molecular flexibility index (Phi) is 3.53. The van der Waals surface area contributed by atoms with Crippen molar-refractivity contribution in [3.05, 3.63) is 0 Å². The molecule has 1 fully saturated rings. The van der Waals surface area contributed by atoms with Crippen LogP contribution in [-0.2, 0) is 9.53 Å². The van der Waals surface area contributed by atoms with Crippen LogP contribution in [0.1, 0.15) is 34.1 Å². The summed E-state index contributed by atoms with van der Waals surface area (Å²) in [5.41, 5.74) is -0.0591. The molecule has 3 heteroatoms. The molecule has 0 saturated carbocycles. The average molecular weight is 199 g/mol. The Hall–Kier alpha value is -0.570. The first-order valence-electron chi connectivity index (χ1n) is 5.33. The Morgan fingerprint density at radius 2 is 2.00 bits per heavy atom. The molecule has 1 amide bonds. The fraction of sp³-hybridized carbons (Fsp3) is 0.909. The second kappa shape index (κ2) is 4.30. The molecule has 14 heavy (non-hydrogen) atoms. The van der Waals surface area contributed by atoms with Crippen LogP contribution in [0.25, 0.3) is 0 Å². The Labute approximate surface area is 86.4 Å².